The van der Waals surface area contributed by atoms with Gasteiger partial charge in [0.05, 0.1) is 17.9 Å². The summed E-state index contributed by atoms with van der Waals surface area (Å²) < 4.78 is 0. The third-order valence-electron chi connectivity index (χ3n) is 5.68. The van der Waals surface area contributed by atoms with Gasteiger partial charge in [-0.15, -0.1) is 0 Å². The quantitative estimate of drug-likeness (QED) is 0.803. The van der Waals surface area contributed by atoms with Gasteiger partial charge in [-0.25, -0.2) is 0 Å². The Balaban J connectivity index is 1.72. The Hall–Kier alpha value is -0.900. The van der Waals surface area contributed by atoms with Gasteiger partial charge in [0.2, 0.25) is 11.8 Å². The zero-order valence-corrected chi connectivity index (χ0v) is 12.6. The molecule has 4 nitrogen and oxygen atoms in total. The molecule has 0 radical (unpaired) electrons. The van der Waals surface area contributed by atoms with E-state index in [1.54, 1.807) is 4.90 Å². The van der Waals surface area contributed by atoms with Gasteiger partial charge >= 0.3 is 0 Å². The number of carbonyl (C=O) groups is 2. The van der Waals surface area contributed by atoms with Crippen LogP contribution in [0.15, 0.2) is 0 Å². The number of carbonyl (C=O) groups excluding carboxylic acids is 2. The maximum absolute atomic E-state index is 12.6. The lowest BCUT2D eigenvalue weighted by molar-refractivity contribution is -0.143. The highest BCUT2D eigenvalue weighted by Crippen LogP contribution is 2.45. The van der Waals surface area contributed by atoms with Crippen molar-refractivity contribution < 1.29 is 9.59 Å². The molecule has 20 heavy (non-hydrogen) atoms. The first kappa shape index (κ1) is 14.1. The van der Waals surface area contributed by atoms with Crippen molar-refractivity contribution >= 4 is 11.8 Å². The minimum atomic E-state index is -0.0153. The molecule has 4 atom stereocenters. The summed E-state index contributed by atoms with van der Waals surface area (Å²) >= 11 is 0. The molecule has 1 N–H and O–H groups in total. The molecular formula is C16H26N2O2. The van der Waals surface area contributed by atoms with E-state index in [9.17, 15) is 9.59 Å². The Morgan fingerprint density at radius 2 is 1.85 bits per heavy atom. The molecule has 3 fully saturated rings. The SMILES string of the molecule is CCC1CC2C(=O)N(C(C)C3CCCCN3)C(=O)C2C1. The summed E-state index contributed by atoms with van der Waals surface area (Å²) in [6.45, 7) is 5.21. The topological polar surface area (TPSA) is 49.4 Å². The van der Waals surface area contributed by atoms with Gasteiger partial charge in [-0.3, -0.25) is 14.5 Å². The summed E-state index contributed by atoms with van der Waals surface area (Å²) in [6, 6.07) is 0.304. The van der Waals surface area contributed by atoms with Crippen molar-refractivity contribution in [1.29, 1.82) is 0 Å². The molecule has 0 aromatic rings. The number of nitrogens with one attached hydrogen (secondary N) is 1. The van der Waals surface area contributed by atoms with E-state index in [1.165, 1.54) is 12.8 Å². The number of piperidine rings is 1. The number of likely N-dealkylation sites (tertiary alicyclic amines) is 1. The molecular weight excluding hydrogens is 252 g/mol. The second-order valence-electron chi connectivity index (χ2n) is 6.80. The molecule has 3 rings (SSSR count). The fourth-order valence-electron chi connectivity index (χ4n) is 4.36. The van der Waals surface area contributed by atoms with Gasteiger partial charge < -0.3 is 5.32 Å². The zero-order valence-electron chi connectivity index (χ0n) is 12.6. The zero-order chi connectivity index (χ0) is 14.3. The molecule has 1 aliphatic carbocycles. The lowest BCUT2D eigenvalue weighted by Crippen LogP contribution is -2.52. The summed E-state index contributed by atoms with van der Waals surface area (Å²) in [7, 11) is 0. The number of hydrogen-bond acceptors (Lipinski definition) is 3. The molecule has 4 unspecified atom stereocenters. The molecule has 0 spiro atoms. The van der Waals surface area contributed by atoms with Crippen LogP contribution in [0.3, 0.4) is 0 Å². The van der Waals surface area contributed by atoms with E-state index in [0.717, 1.165) is 32.2 Å². The normalized spacial score (nSPS) is 39.2. The molecule has 2 amide bonds. The predicted octanol–water partition coefficient (Wildman–Crippen LogP) is 1.94. The van der Waals surface area contributed by atoms with Crippen LogP contribution in [0.2, 0.25) is 0 Å². The Kier molecular flexibility index (Phi) is 3.85. The maximum atomic E-state index is 12.6. The van der Waals surface area contributed by atoms with Crippen LogP contribution in [0, 0.1) is 17.8 Å². The largest absolute Gasteiger partial charge is 0.312 e. The van der Waals surface area contributed by atoms with Crippen molar-refractivity contribution in [2.75, 3.05) is 6.54 Å². The van der Waals surface area contributed by atoms with Crippen LogP contribution in [-0.2, 0) is 9.59 Å². The number of hydrogen-bond donors (Lipinski definition) is 1. The number of rotatable bonds is 3. The Bertz CT molecular complexity index is 379. The van der Waals surface area contributed by atoms with Gasteiger partial charge in [-0.2, -0.15) is 0 Å². The Morgan fingerprint density at radius 3 is 2.35 bits per heavy atom. The number of imide groups is 1. The monoisotopic (exact) mass is 278 g/mol. The third kappa shape index (κ3) is 2.18. The highest BCUT2D eigenvalue weighted by Gasteiger charge is 2.54. The van der Waals surface area contributed by atoms with E-state index in [4.69, 9.17) is 0 Å². The van der Waals surface area contributed by atoms with Crippen molar-refractivity contribution in [3.05, 3.63) is 0 Å². The average Bonchev–Trinajstić information content (AvgIpc) is 3.00. The van der Waals surface area contributed by atoms with Gasteiger partial charge in [0, 0.05) is 6.04 Å². The Morgan fingerprint density at radius 1 is 1.20 bits per heavy atom. The van der Waals surface area contributed by atoms with E-state index in [0.29, 0.717) is 5.92 Å². The fourth-order valence-corrected chi connectivity index (χ4v) is 4.36. The van der Waals surface area contributed by atoms with Gasteiger partial charge in [0.25, 0.3) is 0 Å². The summed E-state index contributed by atoms with van der Waals surface area (Å²) in [5.41, 5.74) is 0. The summed E-state index contributed by atoms with van der Waals surface area (Å²) in [5, 5.41) is 3.48. The summed E-state index contributed by atoms with van der Waals surface area (Å²) in [4.78, 5) is 26.8. The number of amides is 2. The minimum absolute atomic E-state index is 0.0148. The molecule has 2 aliphatic heterocycles. The molecule has 112 valence electrons. The average molecular weight is 278 g/mol. The summed E-state index contributed by atoms with van der Waals surface area (Å²) in [5.74, 6) is 0.756. The van der Waals surface area contributed by atoms with E-state index in [1.807, 2.05) is 6.92 Å². The van der Waals surface area contributed by atoms with E-state index < -0.39 is 0 Å². The first-order chi connectivity index (χ1) is 9.63. The van der Waals surface area contributed by atoms with E-state index in [-0.39, 0.29) is 35.7 Å². The molecule has 3 aliphatic rings. The van der Waals surface area contributed by atoms with Crippen molar-refractivity contribution in [2.24, 2.45) is 17.8 Å². The maximum Gasteiger partial charge on any atom is 0.233 e. The fraction of sp³-hybridized carbons (Fsp3) is 0.875. The van der Waals surface area contributed by atoms with E-state index in [2.05, 4.69) is 12.2 Å². The van der Waals surface area contributed by atoms with Crippen LogP contribution >= 0.6 is 0 Å². The molecule has 2 saturated heterocycles. The van der Waals surface area contributed by atoms with E-state index >= 15 is 0 Å². The van der Waals surface area contributed by atoms with Gasteiger partial charge in [0.1, 0.15) is 0 Å². The van der Waals surface area contributed by atoms with Crippen LogP contribution in [0.25, 0.3) is 0 Å². The standard InChI is InChI=1S/C16H26N2O2/c1-3-11-8-12-13(9-11)16(20)18(15(12)19)10(2)14-6-4-5-7-17-14/h10-14,17H,3-9H2,1-2H3. The first-order valence-electron chi connectivity index (χ1n) is 8.23. The molecule has 1 saturated carbocycles. The molecule has 0 bridgehead atoms. The van der Waals surface area contributed by atoms with Crippen molar-refractivity contribution in [2.45, 2.75) is 64.5 Å². The molecule has 0 aromatic carbocycles. The van der Waals surface area contributed by atoms with Gasteiger partial charge in [-0.1, -0.05) is 19.8 Å². The predicted molar refractivity (Wildman–Crippen MR) is 77.0 cm³/mol. The van der Waals surface area contributed by atoms with Crippen LogP contribution in [-0.4, -0.2) is 35.3 Å². The van der Waals surface area contributed by atoms with Crippen molar-refractivity contribution in [3.63, 3.8) is 0 Å². The number of nitrogens with zero attached hydrogens (tertiary/aromatic N) is 1. The second-order valence-corrected chi connectivity index (χ2v) is 6.80. The number of fused-ring (bicyclic) bond motifs is 1. The highest BCUT2D eigenvalue weighted by molar-refractivity contribution is 6.05. The summed E-state index contributed by atoms with van der Waals surface area (Å²) in [6.07, 6.45) is 6.41. The van der Waals surface area contributed by atoms with Crippen molar-refractivity contribution in [1.82, 2.24) is 10.2 Å². The van der Waals surface area contributed by atoms with Crippen LogP contribution in [0.4, 0.5) is 0 Å². The molecule has 0 aromatic heterocycles. The molecule has 4 heteroatoms. The minimum Gasteiger partial charge on any atom is -0.312 e. The Labute approximate surface area is 121 Å². The van der Waals surface area contributed by atoms with Crippen LogP contribution in [0.5, 0.6) is 0 Å². The first-order valence-corrected chi connectivity index (χ1v) is 8.23. The van der Waals surface area contributed by atoms with Crippen LogP contribution in [0.1, 0.15) is 52.4 Å². The lowest BCUT2D eigenvalue weighted by Gasteiger charge is -2.34. The smallest absolute Gasteiger partial charge is 0.233 e. The van der Waals surface area contributed by atoms with Gasteiger partial charge in [-0.05, 0) is 45.1 Å². The third-order valence-corrected chi connectivity index (χ3v) is 5.68. The van der Waals surface area contributed by atoms with Crippen molar-refractivity contribution in [3.8, 4) is 0 Å². The highest BCUT2D eigenvalue weighted by atomic mass is 16.2. The molecule has 2 heterocycles. The van der Waals surface area contributed by atoms with Crippen LogP contribution < -0.4 is 5.32 Å². The second kappa shape index (κ2) is 5.47. The lowest BCUT2D eigenvalue weighted by atomic mass is 9.97. The van der Waals surface area contributed by atoms with Gasteiger partial charge in [0.15, 0.2) is 0 Å².